The van der Waals surface area contributed by atoms with Crippen LogP contribution < -0.4 is 5.56 Å². The van der Waals surface area contributed by atoms with Crippen LogP contribution in [0.25, 0.3) is 16.6 Å². The number of likely N-dealkylation sites (N-methyl/N-ethyl adjacent to an activating group) is 1. The van der Waals surface area contributed by atoms with E-state index in [2.05, 4.69) is 11.6 Å². The molecule has 0 saturated heterocycles. The summed E-state index contributed by atoms with van der Waals surface area (Å²) in [6, 6.07) is 6.56. The van der Waals surface area contributed by atoms with Crippen LogP contribution >= 0.6 is 0 Å². The molecule has 5 heteroatoms. The number of hydrogen-bond donors (Lipinski definition) is 0. The van der Waals surface area contributed by atoms with E-state index in [1.807, 2.05) is 6.07 Å². The Balaban J connectivity index is 2.45. The van der Waals surface area contributed by atoms with Crippen molar-refractivity contribution in [3.8, 4) is 0 Å². The number of rotatable bonds is 0. The largest absolute Gasteiger partial charge is 0.311 e. The fraction of sp³-hybridized carbons (Fsp3) is 0.214. The fourth-order valence-corrected chi connectivity index (χ4v) is 2.38. The molecular weight excluding hydrogens is 242 g/mol. The molecule has 0 fully saturated rings. The number of hydrogen-bond acceptors (Lipinski definition) is 3. The van der Waals surface area contributed by atoms with Crippen molar-refractivity contribution in [2.75, 3.05) is 7.05 Å². The maximum absolute atomic E-state index is 12.5. The first kappa shape index (κ1) is 11.6. The summed E-state index contributed by atoms with van der Waals surface area (Å²) in [4.78, 5) is 30.5. The predicted molar refractivity (Wildman–Crippen MR) is 72.5 cm³/mol. The maximum Gasteiger partial charge on any atom is 0.262 e. The van der Waals surface area contributed by atoms with E-state index in [0.29, 0.717) is 22.4 Å². The predicted octanol–water partition coefficient (Wildman–Crippen LogP) is 1.40. The van der Waals surface area contributed by atoms with E-state index in [0.717, 1.165) is 0 Å². The zero-order valence-corrected chi connectivity index (χ0v) is 10.8. The second-order valence-electron chi connectivity index (χ2n) is 4.65. The molecule has 1 aromatic carbocycles. The molecule has 1 amide bonds. The summed E-state index contributed by atoms with van der Waals surface area (Å²) in [5, 5.41) is 0.517. The molecule has 1 atom stereocenters. The molecule has 1 aliphatic rings. The van der Waals surface area contributed by atoms with E-state index >= 15 is 0 Å². The van der Waals surface area contributed by atoms with E-state index in [4.69, 9.17) is 0 Å². The van der Waals surface area contributed by atoms with E-state index in [9.17, 15) is 9.59 Å². The molecule has 5 nitrogen and oxygen atoms in total. The van der Waals surface area contributed by atoms with Crippen molar-refractivity contribution < 1.29 is 4.79 Å². The van der Waals surface area contributed by atoms with E-state index in [-0.39, 0.29) is 11.5 Å². The SMILES string of the molecule is C=C1c2nc3ccccc3c(=O)n2[C@@H](C)C(=O)N1C. The van der Waals surface area contributed by atoms with Gasteiger partial charge in [0.25, 0.3) is 5.56 Å². The molecule has 3 rings (SSSR count). The normalized spacial score (nSPS) is 18.8. The van der Waals surface area contributed by atoms with Crippen molar-refractivity contribution in [3.05, 3.63) is 47.0 Å². The number of nitrogens with zero attached hydrogens (tertiary/aromatic N) is 3. The first-order valence-electron chi connectivity index (χ1n) is 6.00. The number of para-hydroxylation sites is 1. The highest BCUT2D eigenvalue weighted by Gasteiger charge is 2.32. The summed E-state index contributed by atoms with van der Waals surface area (Å²) in [6.07, 6.45) is 0. The van der Waals surface area contributed by atoms with Gasteiger partial charge in [-0.25, -0.2) is 4.98 Å². The molecule has 0 bridgehead atoms. The van der Waals surface area contributed by atoms with Gasteiger partial charge in [-0.15, -0.1) is 0 Å². The van der Waals surface area contributed by atoms with Crippen LogP contribution in [0.4, 0.5) is 0 Å². The Kier molecular flexibility index (Phi) is 2.32. The number of benzene rings is 1. The number of amides is 1. The van der Waals surface area contributed by atoms with Crippen LogP contribution in [0.2, 0.25) is 0 Å². The Morgan fingerprint density at radius 1 is 1.26 bits per heavy atom. The van der Waals surface area contributed by atoms with E-state index in [1.165, 1.54) is 9.47 Å². The van der Waals surface area contributed by atoms with Crippen LogP contribution in [0.15, 0.2) is 35.6 Å². The molecule has 19 heavy (non-hydrogen) atoms. The standard InChI is InChI=1S/C14H13N3O2/c1-8-12-15-11-7-5-4-6-10(11)14(19)17(12)9(2)13(18)16(8)3/h4-7,9H,1H2,2-3H3/t9-/m0/s1. The third-order valence-corrected chi connectivity index (χ3v) is 3.55. The van der Waals surface area contributed by atoms with Gasteiger partial charge in [0.1, 0.15) is 6.04 Å². The summed E-state index contributed by atoms with van der Waals surface area (Å²) in [5.74, 6) is 0.301. The lowest BCUT2D eigenvalue weighted by Gasteiger charge is -2.32. The Morgan fingerprint density at radius 3 is 2.68 bits per heavy atom. The van der Waals surface area contributed by atoms with Gasteiger partial charge < -0.3 is 4.90 Å². The molecule has 0 saturated carbocycles. The van der Waals surface area contributed by atoms with Crippen molar-refractivity contribution in [3.63, 3.8) is 0 Å². The lowest BCUT2D eigenvalue weighted by atomic mass is 10.1. The van der Waals surface area contributed by atoms with Crippen molar-refractivity contribution >= 4 is 22.5 Å². The molecule has 0 radical (unpaired) electrons. The Morgan fingerprint density at radius 2 is 1.95 bits per heavy atom. The molecule has 2 aromatic rings. The van der Waals surface area contributed by atoms with E-state index in [1.54, 1.807) is 32.2 Å². The molecule has 2 heterocycles. The van der Waals surface area contributed by atoms with Gasteiger partial charge in [-0.05, 0) is 19.1 Å². The third-order valence-electron chi connectivity index (χ3n) is 3.55. The topological polar surface area (TPSA) is 55.2 Å². The Labute approximate surface area is 109 Å². The molecule has 0 spiro atoms. The number of carbonyl (C=O) groups is 1. The highest BCUT2D eigenvalue weighted by molar-refractivity contribution is 5.91. The molecule has 0 unspecified atom stereocenters. The minimum absolute atomic E-state index is 0.156. The Bertz CT molecular complexity index is 776. The summed E-state index contributed by atoms with van der Waals surface area (Å²) >= 11 is 0. The van der Waals surface area contributed by atoms with Gasteiger partial charge >= 0.3 is 0 Å². The lowest BCUT2D eigenvalue weighted by Crippen LogP contribution is -2.43. The smallest absolute Gasteiger partial charge is 0.262 e. The minimum Gasteiger partial charge on any atom is -0.311 e. The van der Waals surface area contributed by atoms with Gasteiger partial charge in [0, 0.05) is 7.05 Å². The first-order valence-corrected chi connectivity index (χ1v) is 6.00. The van der Waals surface area contributed by atoms with E-state index < -0.39 is 6.04 Å². The van der Waals surface area contributed by atoms with Crippen LogP contribution in [-0.4, -0.2) is 27.4 Å². The third kappa shape index (κ3) is 1.44. The molecule has 1 aliphatic heterocycles. The first-order chi connectivity index (χ1) is 9.02. The minimum atomic E-state index is -0.560. The van der Waals surface area contributed by atoms with Crippen LogP contribution in [0, 0.1) is 0 Å². The molecule has 0 aliphatic carbocycles. The maximum atomic E-state index is 12.5. The molecule has 96 valence electrons. The highest BCUT2D eigenvalue weighted by Crippen LogP contribution is 2.26. The summed E-state index contributed by atoms with van der Waals surface area (Å²) in [5.41, 5.74) is 0.872. The monoisotopic (exact) mass is 255 g/mol. The Hall–Kier alpha value is -2.43. The lowest BCUT2D eigenvalue weighted by molar-refractivity contribution is -0.130. The molecule has 1 aromatic heterocycles. The van der Waals surface area contributed by atoms with Crippen molar-refractivity contribution in [2.24, 2.45) is 0 Å². The molecular formula is C14H13N3O2. The summed E-state index contributed by atoms with van der Waals surface area (Å²) < 4.78 is 1.42. The zero-order valence-electron chi connectivity index (χ0n) is 10.8. The summed E-state index contributed by atoms with van der Waals surface area (Å²) in [7, 11) is 1.64. The highest BCUT2D eigenvalue weighted by atomic mass is 16.2. The van der Waals surface area contributed by atoms with Gasteiger partial charge in [-0.1, -0.05) is 18.7 Å². The zero-order chi connectivity index (χ0) is 13.7. The van der Waals surface area contributed by atoms with Gasteiger partial charge in [0.2, 0.25) is 5.91 Å². The second kappa shape index (κ2) is 3.78. The number of aromatic nitrogens is 2. The van der Waals surface area contributed by atoms with Crippen LogP contribution in [0.5, 0.6) is 0 Å². The average Bonchev–Trinajstić information content (AvgIpc) is 2.43. The fourth-order valence-electron chi connectivity index (χ4n) is 2.38. The van der Waals surface area contributed by atoms with Crippen molar-refractivity contribution in [1.29, 1.82) is 0 Å². The average molecular weight is 255 g/mol. The summed E-state index contributed by atoms with van der Waals surface area (Å²) in [6.45, 7) is 5.55. The van der Waals surface area contributed by atoms with Crippen LogP contribution in [-0.2, 0) is 4.79 Å². The van der Waals surface area contributed by atoms with Crippen LogP contribution in [0.3, 0.4) is 0 Å². The van der Waals surface area contributed by atoms with Crippen LogP contribution in [0.1, 0.15) is 18.8 Å². The second-order valence-corrected chi connectivity index (χ2v) is 4.65. The van der Waals surface area contributed by atoms with Gasteiger partial charge in [-0.3, -0.25) is 14.2 Å². The quantitative estimate of drug-likeness (QED) is 0.715. The number of carbonyl (C=O) groups excluding carboxylic acids is 1. The van der Waals surface area contributed by atoms with Gasteiger partial charge in [0.05, 0.1) is 16.6 Å². The number of fused-ring (bicyclic) bond motifs is 2. The molecule has 0 N–H and O–H groups in total. The van der Waals surface area contributed by atoms with Gasteiger partial charge in [-0.2, -0.15) is 0 Å². The van der Waals surface area contributed by atoms with Crippen molar-refractivity contribution in [2.45, 2.75) is 13.0 Å². The van der Waals surface area contributed by atoms with Gasteiger partial charge in [0.15, 0.2) is 5.82 Å². The van der Waals surface area contributed by atoms with Crippen molar-refractivity contribution in [1.82, 2.24) is 14.5 Å².